The molecule has 5 heteroatoms. The van der Waals surface area contributed by atoms with Crippen molar-refractivity contribution in [2.24, 2.45) is 5.16 Å². The Labute approximate surface area is 95.8 Å². The first-order valence-electron chi connectivity index (χ1n) is 5.19. The predicted octanol–water partition coefficient (Wildman–Crippen LogP) is 1.70. The molecule has 0 rings (SSSR count). The average Bonchev–Trinajstić information content (AvgIpc) is 2.12. The van der Waals surface area contributed by atoms with Gasteiger partial charge in [-0.1, -0.05) is 18.5 Å². The van der Waals surface area contributed by atoms with Crippen molar-refractivity contribution in [3.05, 3.63) is 0 Å². The van der Waals surface area contributed by atoms with E-state index in [4.69, 9.17) is 4.74 Å². The Morgan fingerprint density at radius 1 is 1.31 bits per heavy atom. The molecule has 0 aliphatic heterocycles. The van der Waals surface area contributed by atoms with Crippen molar-refractivity contribution in [2.75, 3.05) is 7.11 Å². The first-order valence-corrected chi connectivity index (χ1v) is 5.19. The molecule has 92 valence electrons. The summed E-state index contributed by atoms with van der Waals surface area (Å²) in [6.07, 6.45) is 1.61. The molecule has 0 heterocycles. The fraction of sp³-hybridized carbons (Fsp3) is 0.727. The van der Waals surface area contributed by atoms with Crippen LogP contribution >= 0.6 is 0 Å². The zero-order chi connectivity index (χ0) is 12.8. The SMILES string of the molecule is CCCC(C)(C)OC(=O)/C(=N\OC)C(C)=O. The maximum Gasteiger partial charge on any atom is 0.364 e. The van der Waals surface area contributed by atoms with E-state index < -0.39 is 17.4 Å². The summed E-state index contributed by atoms with van der Waals surface area (Å²) in [4.78, 5) is 27.1. The van der Waals surface area contributed by atoms with Gasteiger partial charge in [-0.3, -0.25) is 4.79 Å². The largest absolute Gasteiger partial charge is 0.455 e. The number of carbonyl (C=O) groups is 2. The molecular formula is C11H19NO4. The molecule has 0 aromatic rings. The van der Waals surface area contributed by atoms with Crippen LogP contribution in [0.25, 0.3) is 0 Å². The van der Waals surface area contributed by atoms with E-state index in [-0.39, 0.29) is 5.71 Å². The van der Waals surface area contributed by atoms with Crippen molar-refractivity contribution < 1.29 is 19.2 Å². The molecular weight excluding hydrogens is 210 g/mol. The number of esters is 1. The van der Waals surface area contributed by atoms with Gasteiger partial charge in [-0.05, 0) is 20.3 Å². The lowest BCUT2D eigenvalue weighted by Gasteiger charge is -2.24. The van der Waals surface area contributed by atoms with Gasteiger partial charge in [0, 0.05) is 6.92 Å². The Morgan fingerprint density at radius 3 is 2.25 bits per heavy atom. The van der Waals surface area contributed by atoms with Crippen LogP contribution in [0, 0.1) is 0 Å². The third kappa shape index (κ3) is 4.91. The zero-order valence-corrected chi connectivity index (χ0v) is 10.5. The fourth-order valence-electron chi connectivity index (χ4n) is 1.29. The number of nitrogens with zero attached hydrogens (tertiary/aromatic N) is 1. The molecule has 0 radical (unpaired) electrons. The second kappa shape index (κ2) is 6.25. The van der Waals surface area contributed by atoms with Crippen LogP contribution in [0.5, 0.6) is 0 Å². The van der Waals surface area contributed by atoms with E-state index in [1.807, 2.05) is 6.92 Å². The number of hydrogen-bond donors (Lipinski definition) is 0. The average molecular weight is 229 g/mol. The summed E-state index contributed by atoms with van der Waals surface area (Å²) in [5.41, 5.74) is -0.915. The molecule has 0 N–H and O–H groups in total. The molecule has 0 saturated carbocycles. The van der Waals surface area contributed by atoms with Crippen molar-refractivity contribution in [1.82, 2.24) is 0 Å². The molecule has 0 aromatic carbocycles. The third-order valence-corrected chi connectivity index (χ3v) is 1.93. The van der Waals surface area contributed by atoms with E-state index >= 15 is 0 Å². The van der Waals surface area contributed by atoms with Gasteiger partial charge < -0.3 is 9.57 Å². The highest BCUT2D eigenvalue weighted by molar-refractivity contribution is 6.63. The van der Waals surface area contributed by atoms with E-state index in [2.05, 4.69) is 9.99 Å². The summed E-state index contributed by atoms with van der Waals surface area (Å²) in [5.74, 6) is -1.22. The number of carbonyl (C=O) groups excluding carboxylic acids is 2. The number of hydrogen-bond acceptors (Lipinski definition) is 5. The van der Waals surface area contributed by atoms with Crippen molar-refractivity contribution in [3.63, 3.8) is 0 Å². The highest BCUT2D eigenvalue weighted by atomic mass is 16.6. The fourth-order valence-corrected chi connectivity index (χ4v) is 1.29. The van der Waals surface area contributed by atoms with E-state index in [1.165, 1.54) is 14.0 Å². The molecule has 5 nitrogen and oxygen atoms in total. The van der Waals surface area contributed by atoms with Gasteiger partial charge >= 0.3 is 5.97 Å². The number of Topliss-reactive ketones (excluding diaryl/α,β-unsaturated/α-hetero) is 1. The number of ketones is 1. The lowest BCUT2D eigenvalue weighted by molar-refractivity contribution is -0.148. The first-order chi connectivity index (χ1) is 7.34. The number of rotatable bonds is 6. The summed E-state index contributed by atoms with van der Waals surface area (Å²) in [6, 6.07) is 0. The maximum absolute atomic E-state index is 11.6. The van der Waals surface area contributed by atoms with Crippen LogP contribution in [-0.2, 0) is 19.2 Å². The Bertz CT molecular complexity index is 294. The minimum absolute atomic E-state index is 0.313. The number of oxime groups is 1. The van der Waals surface area contributed by atoms with Crippen LogP contribution in [-0.4, -0.2) is 30.2 Å². The minimum Gasteiger partial charge on any atom is -0.455 e. The molecule has 0 bridgehead atoms. The molecule has 0 unspecified atom stereocenters. The zero-order valence-electron chi connectivity index (χ0n) is 10.5. The highest BCUT2D eigenvalue weighted by Crippen LogP contribution is 2.16. The van der Waals surface area contributed by atoms with Gasteiger partial charge in [0.15, 0.2) is 5.78 Å². The van der Waals surface area contributed by atoms with Crippen molar-refractivity contribution in [1.29, 1.82) is 0 Å². The lowest BCUT2D eigenvalue weighted by Crippen LogP contribution is -2.34. The second-order valence-electron chi connectivity index (χ2n) is 4.08. The van der Waals surface area contributed by atoms with Crippen molar-refractivity contribution in [3.8, 4) is 0 Å². The Balaban J connectivity index is 4.67. The standard InChI is InChI=1S/C11H19NO4/c1-6-7-11(3,4)16-10(14)9(8(2)13)12-15-5/h6-7H2,1-5H3/b12-9-. The molecule has 0 amide bonds. The van der Waals surface area contributed by atoms with Crippen LogP contribution in [0.3, 0.4) is 0 Å². The molecule has 0 fully saturated rings. The maximum atomic E-state index is 11.6. The second-order valence-corrected chi connectivity index (χ2v) is 4.08. The smallest absolute Gasteiger partial charge is 0.364 e. The third-order valence-electron chi connectivity index (χ3n) is 1.93. The molecule has 16 heavy (non-hydrogen) atoms. The molecule has 0 atom stereocenters. The molecule has 0 aliphatic rings. The quantitative estimate of drug-likeness (QED) is 0.301. The van der Waals surface area contributed by atoms with Gasteiger partial charge in [-0.15, -0.1) is 0 Å². The van der Waals surface area contributed by atoms with E-state index in [1.54, 1.807) is 13.8 Å². The predicted molar refractivity (Wildman–Crippen MR) is 60.2 cm³/mol. The summed E-state index contributed by atoms with van der Waals surface area (Å²) in [7, 11) is 1.27. The van der Waals surface area contributed by atoms with Crippen LogP contribution in [0.1, 0.15) is 40.5 Å². The molecule has 0 saturated heterocycles. The minimum atomic E-state index is -0.743. The molecule has 0 aromatic heterocycles. The Morgan fingerprint density at radius 2 is 1.88 bits per heavy atom. The van der Waals surface area contributed by atoms with Gasteiger partial charge in [0.1, 0.15) is 12.7 Å². The summed E-state index contributed by atoms with van der Waals surface area (Å²) < 4.78 is 5.18. The van der Waals surface area contributed by atoms with E-state index in [9.17, 15) is 9.59 Å². The van der Waals surface area contributed by atoms with Crippen LogP contribution in [0.4, 0.5) is 0 Å². The van der Waals surface area contributed by atoms with Gasteiger partial charge in [0.2, 0.25) is 5.71 Å². The van der Waals surface area contributed by atoms with Crippen LogP contribution in [0.15, 0.2) is 5.16 Å². The lowest BCUT2D eigenvalue weighted by atomic mass is 10.0. The molecule has 0 aliphatic carbocycles. The Kier molecular flexibility index (Phi) is 5.71. The van der Waals surface area contributed by atoms with Gasteiger partial charge in [0.25, 0.3) is 0 Å². The van der Waals surface area contributed by atoms with Gasteiger partial charge in [-0.2, -0.15) is 0 Å². The Hall–Kier alpha value is -1.39. The topological polar surface area (TPSA) is 65.0 Å². The van der Waals surface area contributed by atoms with Gasteiger partial charge in [-0.25, -0.2) is 4.79 Å². The highest BCUT2D eigenvalue weighted by Gasteiger charge is 2.27. The van der Waals surface area contributed by atoms with Crippen molar-refractivity contribution >= 4 is 17.5 Å². The first kappa shape index (κ1) is 14.6. The summed E-state index contributed by atoms with van der Waals surface area (Å²) in [6.45, 7) is 6.81. The normalized spacial score (nSPS) is 12.2. The molecule has 0 spiro atoms. The van der Waals surface area contributed by atoms with Gasteiger partial charge in [0.05, 0.1) is 0 Å². The van der Waals surface area contributed by atoms with Crippen LogP contribution in [0.2, 0.25) is 0 Å². The number of ether oxygens (including phenoxy) is 1. The summed E-state index contributed by atoms with van der Waals surface area (Å²) >= 11 is 0. The van der Waals surface area contributed by atoms with E-state index in [0.29, 0.717) is 0 Å². The monoisotopic (exact) mass is 229 g/mol. The van der Waals surface area contributed by atoms with Crippen LogP contribution < -0.4 is 0 Å². The van der Waals surface area contributed by atoms with E-state index in [0.717, 1.165) is 12.8 Å². The van der Waals surface area contributed by atoms with Crippen molar-refractivity contribution in [2.45, 2.75) is 46.1 Å². The summed E-state index contributed by atoms with van der Waals surface area (Å²) in [5, 5.41) is 3.36.